The number of aromatic nitrogens is 2. The van der Waals surface area contributed by atoms with Crippen LogP contribution in [0.5, 0.6) is 0 Å². The Balaban J connectivity index is 2.33. The first-order valence-electron chi connectivity index (χ1n) is 3.81. The van der Waals surface area contributed by atoms with Gasteiger partial charge in [-0.2, -0.15) is 0 Å². The molecule has 0 aliphatic rings. The Kier molecular flexibility index (Phi) is 2.85. The lowest BCUT2D eigenvalue weighted by atomic mass is 10.6. The highest BCUT2D eigenvalue weighted by molar-refractivity contribution is 5.65. The van der Waals surface area contributed by atoms with Crippen LogP contribution in [0.2, 0.25) is 0 Å². The predicted molar refractivity (Wildman–Crippen MR) is 43.6 cm³/mol. The van der Waals surface area contributed by atoms with Gasteiger partial charge in [0.2, 0.25) is 0 Å². The van der Waals surface area contributed by atoms with Gasteiger partial charge in [-0.25, -0.2) is 4.98 Å². The Hall–Kier alpha value is -1.32. The lowest BCUT2D eigenvalue weighted by Crippen LogP contribution is -2.09. The fraction of sp³-hybridized carbons (Fsp3) is 0.500. The van der Waals surface area contributed by atoms with Crippen LogP contribution in [0.15, 0.2) is 12.4 Å². The van der Waals surface area contributed by atoms with E-state index in [1.165, 1.54) is 6.92 Å². The van der Waals surface area contributed by atoms with Crippen molar-refractivity contribution in [2.24, 2.45) is 0 Å². The van der Waals surface area contributed by atoms with Gasteiger partial charge in [-0.3, -0.25) is 4.79 Å². The van der Waals surface area contributed by atoms with Crippen LogP contribution in [0.1, 0.15) is 12.7 Å². The molecule has 4 nitrogen and oxygen atoms in total. The second kappa shape index (κ2) is 3.90. The van der Waals surface area contributed by atoms with E-state index in [1.54, 1.807) is 6.20 Å². The number of carbonyl (C=O) groups excluding carboxylic acids is 1. The summed E-state index contributed by atoms with van der Waals surface area (Å²) in [6, 6.07) is 0. The molecule has 0 unspecified atom stereocenters. The second-order valence-corrected chi connectivity index (χ2v) is 2.51. The second-order valence-electron chi connectivity index (χ2n) is 2.51. The highest BCUT2D eigenvalue weighted by Gasteiger charge is 1.97. The van der Waals surface area contributed by atoms with Crippen molar-refractivity contribution >= 4 is 5.97 Å². The van der Waals surface area contributed by atoms with Crippen molar-refractivity contribution in [2.75, 3.05) is 6.61 Å². The topological polar surface area (TPSA) is 44.1 Å². The third kappa shape index (κ3) is 2.38. The monoisotopic (exact) mass is 168 g/mol. The molecule has 1 aromatic heterocycles. The fourth-order valence-electron chi connectivity index (χ4n) is 0.928. The number of hydrogen-bond donors (Lipinski definition) is 0. The molecule has 0 amide bonds. The van der Waals surface area contributed by atoms with Crippen LogP contribution in [0.3, 0.4) is 0 Å². The van der Waals surface area contributed by atoms with Gasteiger partial charge in [0.15, 0.2) is 0 Å². The zero-order valence-corrected chi connectivity index (χ0v) is 7.28. The van der Waals surface area contributed by atoms with Crippen molar-refractivity contribution in [1.29, 1.82) is 0 Å². The number of ether oxygens (including phenoxy) is 1. The van der Waals surface area contributed by atoms with Crippen molar-refractivity contribution in [3.8, 4) is 0 Å². The van der Waals surface area contributed by atoms with Crippen LogP contribution in [-0.4, -0.2) is 22.1 Å². The van der Waals surface area contributed by atoms with Gasteiger partial charge in [-0.15, -0.1) is 0 Å². The molecular weight excluding hydrogens is 156 g/mol. The number of imidazole rings is 1. The van der Waals surface area contributed by atoms with E-state index in [2.05, 4.69) is 4.98 Å². The van der Waals surface area contributed by atoms with Crippen LogP contribution >= 0.6 is 0 Å². The normalized spacial score (nSPS) is 9.83. The summed E-state index contributed by atoms with van der Waals surface area (Å²) in [6.07, 6.45) is 3.59. The number of carbonyl (C=O) groups is 1. The van der Waals surface area contributed by atoms with Crippen LogP contribution in [-0.2, 0) is 16.1 Å². The predicted octanol–water partition coefficient (Wildman–Crippen LogP) is 0.755. The lowest BCUT2D eigenvalue weighted by molar-refractivity contribution is -0.141. The first kappa shape index (κ1) is 8.77. The van der Waals surface area contributed by atoms with E-state index >= 15 is 0 Å². The summed E-state index contributed by atoms with van der Waals surface area (Å²) in [7, 11) is 0. The SMILES string of the molecule is CC(=O)OCCn1ccnc1C. The first-order chi connectivity index (χ1) is 5.70. The maximum Gasteiger partial charge on any atom is 0.302 e. The molecule has 0 fully saturated rings. The molecule has 0 aliphatic heterocycles. The van der Waals surface area contributed by atoms with Gasteiger partial charge in [0, 0.05) is 19.3 Å². The van der Waals surface area contributed by atoms with E-state index in [-0.39, 0.29) is 5.97 Å². The third-order valence-electron chi connectivity index (χ3n) is 1.56. The number of hydrogen-bond acceptors (Lipinski definition) is 3. The molecule has 1 rings (SSSR count). The van der Waals surface area contributed by atoms with Crippen molar-refractivity contribution in [3.05, 3.63) is 18.2 Å². The maximum absolute atomic E-state index is 10.4. The minimum atomic E-state index is -0.243. The average Bonchev–Trinajstić information content (AvgIpc) is 2.36. The quantitative estimate of drug-likeness (QED) is 0.626. The van der Waals surface area contributed by atoms with Crippen LogP contribution < -0.4 is 0 Å². The fourth-order valence-corrected chi connectivity index (χ4v) is 0.928. The largest absolute Gasteiger partial charge is 0.464 e. The molecule has 0 spiro atoms. The maximum atomic E-state index is 10.4. The lowest BCUT2D eigenvalue weighted by Gasteiger charge is -2.04. The number of rotatable bonds is 3. The molecule has 0 saturated heterocycles. The van der Waals surface area contributed by atoms with Gasteiger partial charge < -0.3 is 9.30 Å². The minimum Gasteiger partial charge on any atom is -0.464 e. The third-order valence-corrected chi connectivity index (χ3v) is 1.56. The summed E-state index contributed by atoms with van der Waals surface area (Å²) in [6.45, 7) is 4.40. The van der Waals surface area contributed by atoms with Gasteiger partial charge in [-0.1, -0.05) is 0 Å². The van der Waals surface area contributed by atoms with Crippen molar-refractivity contribution in [2.45, 2.75) is 20.4 Å². The van der Waals surface area contributed by atoms with Crippen molar-refractivity contribution in [1.82, 2.24) is 9.55 Å². The van der Waals surface area contributed by atoms with E-state index < -0.39 is 0 Å². The van der Waals surface area contributed by atoms with Gasteiger partial charge >= 0.3 is 5.97 Å². The van der Waals surface area contributed by atoms with Crippen molar-refractivity contribution < 1.29 is 9.53 Å². The molecule has 0 N–H and O–H groups in total. The molecule has 0 atom stereocenters. The molecule has 0 radical (unpaired) electrons. The molecule has 66 valence electrons. The zero-order valence-electron chi connectivity index (χ0n) is 7.28. The van der Waals surface area contributed by atoms with Gasteiger partial charge in [0.1, 0.15) is 12.4 Å². The van der Waals surface area contributed by atoms with Gasteiger partial charge in [-0.05, 0) is 6.92 Å². The number of nitrogens with zero attached hydrogens (tertiary/aromatic N) is 2. The van der Waals surface area contributed by atoms with Gasteiger partial charge in [0.25, 0.3) is 0 Å². The van der Waals surface area contributed by atoms with E-state index in [4.69, 9.17) is 4.74 Å². The molecule has 0 aromatic carbocycles. The molecule has 0 aliphatic carbocycles. The standard InChI is InChI=1S/C8H12N2O2/c1-7-9-3-4-10(7)5-6-12-8(2)11/h3-4H,5-6H2,1-2H3. The summed E-state index contributed by atoms with van der Waals surface area (Å²) in [5, 5.41) is 0. The smallest absolute Gasteiger partial charge is 0.302 e. The summed E-state index contributed by atoms with van der Waals surface area (Å²) < 4.78 is 6.72. The Morgan fingerprint density at radius 3 is 3.00 bits per heavy atom. The molecule has 12 heavy (non-hydrogen) atoms. The van der Waals surface area contributed by atoms with E-state index in [9.17, 15) is 4.79 Å². The van der Waals surface area contributed by atoms with E-state index in [0.717, 1.165) is 5.82 Å². The van der Waals surface area contributed by atoms with E-state index in [1.807, 2.05) is 17.7 Å². The highest BCUT2D eigenvalue weighted by Crippen LogP contribution is 1.94. The molecule has 4 heteroatoms. The number of esters is 1. The zero-order chi connectivity index (χ0) is 8.97. The molecular formula is C8H12N2O2. The molecule has 1 aromatic rings. The molecule has 0 saturated carbocycles. The summed E-state index contributed by atoms with van der Waals surface area (Å²) in [5.74, 6) is 0.690. The van der Waals surface area contributed by atoms with E-state index in [0.29, 0.717) is 13.2 Å². The molecule has 0 bridgehead atoms. The van der Waals surface area contributed by atoms with Crippen LogP contribution in [0, 0.1) is 6.92 Å². The minimum absolute atomic E-state index is 0.243. The Morgan fingerprint density at radius 2 is 2.50 bits per heavy atom. The molecule has 1 heterocycles. The first-order valence-corrected chi connectivity index (χ1v) is 3.81. The Morgan fingerprint density at radius 1 is 1.75 bits per heavy atom. The summed E-state index contributed by atoms with van der Waals surface area (Å²) in [5.41, 5.74) is 0. The Labute approximate surface area is 71.2 Å². The van der Waals surface area contributed by atoms with Crippen LogP contribution in [0.4, 0.5) is 0 Å². The highest BCUT2D eigenvalue weighted by atomic mass is 16.5. The summed E-state index contributed by atoms with van der Waals surface area (Å²) >= 11 is 0. The summed E-state index contributed by atoms with van der Waals surface area (Å²) in [4.78, 5) is 14.4. The number of aryl methyl sites for hydroxylation is 1. The average molecular weight is 168 g/mol. The Bertz CT molecular complexity index is 268. The van der Waals surface area contributed by atoms with Gasteiger partial charge in [0.05, 0.1) is 6.54 Å². The van der Waals surface area contributed by atoms with Crippen LogP contribution in [0.25, 0.3) is 0 Å². The van der Waals surface area contributed by atoms with Crippen molar-refractivity contribution in [3.63, 3.8) is 0 Å².